The molecule has 0 unspecified atom stereocenters. The Morgan fingerprint density at radius 3 is 3.08 bits per heavy atom. The Bertz CT molecular complexity index is 370. The quantitative estimate of drug-likeness (QED) is 0.862. The highest BCUT2D eigenvalue weighted by Crippen LogP contribution is 2.20. The third kappa shape index (κ3) is 2.22. The van der Waals surface area contributed by atoms with Crippen molar-refractivity contribution in [1.82, 2.24) is 25.6 Å². The highest BCUT2D eigenvalue weighted by molar-refractivity contribution is 9.11. The van der Waals surface area contributed by atoms with Crippen LogP contribution in [0.4, 0.5) is 5.13 Å². The summed E-state index contributed by atoms with van der Waals surface area (Å²) in [5.41, 5.74) is 0.839. The zero-order chi connectivity index (χ0) is 9.10. The van der Waals surface area contributed by atoms with Crippen molar-refractivity contribution in [3.8, 4) is 0 Å². The molecule has 2 rings (SSSR count). The minimum Gasteiger partial charge on any atom is -0.354 e. The van der Waals surface area contributed by atoms with E-state index in [4.69, 9.17) is 0 Å². The fraction of sp³-hybridized carbons (Fsp3) is 0.200. The summed E-state index contributed by atoms with van der Waals surface area (Å²) >= 11 is 4.66. The summed E-state index contributed by atoms with van der Waals surface area (Å²) in [6.07, 6.45) is 1.66. The third-order valence-electron chi connectivity index (χ3n) is 1.29. The number of hydrogen-bond donors (Lipinski definition) is 2. The van der Waals surface area contributed by atoms with Gasteiger partial charge >= 0.3 is 0 Å². The number of nitrogens with zero attached hydrogens (tertiary/aromatic N) is 4. The Balaban J connectivity index is 1.93. The number of aromatic amines is 1. The average Bonchev–Trinajstić information content (AvgIpc) is 2.71. The molecule has 0 saturated carbocycles. The van der Waals surface area contributed by atoms with Crippen LogP contribution >= 0.6 is 27.3 Å². The molecule has 0 amide bonds. The molecule has 0 atom stereocenters. The molecule has 6 nitrogen and oxygen atoms in total. The van der Waals surface area contributed by atoms with Crippen LogP contribution in [0, 0.1) is 0 Å². The van der Waals surface area contributed by atoms with Crippen LogP contribution in [-0.2, 0) is 6.54 Å². The van der Waals surface area contributed by atoms with E-state index in [1.165, 1.54) is 11.3 Å². The zero-order valence-corrected chi connectivity index (χ0v) is 8.76. The SMILES string of the molecule is Brc1nnc(NCc2cn[nH]n2)s1. The molecule has 0 spiro atoms. The van der Waals surface area contributed by atoms with Gasteiger partial charge in [0, 0.05) is 0 Å². The first-order chi connectivity index (χ1) is 6.34. The molecule has 13 heavy (non-hydrogen) atoms. The molecule has 0 bridgehead atoms. The minimum atomic E-state index is 0.595. The molecule has 0 fully saturated rings. The third-order valence-corrected chi connectivity index (χ3v) is 2.60. The standard InChI is InChI=1S/C5H5BrN6S/c6-4-10-11-5(13-4)7-1-3-2-8-12-9-3/h2H,1H2,(H,7,11)(H,8,9,12). The largest absolute Gasteiger partial charge is 0.354 e. The highest BCUT2D eigenvalue weighted by Gasteiger charge is 2.01. The van der Waals surface area contributed by atoms with E-state index < -0.39 is 0 Å². The first-order valence-corrected chi connectivity index (χ1v) is 5.03. The number of anilines is 1. The van der Waals surface area contributed by atoms with Gasteiger partial charge in [0.05, 0.1) is 12.7 Å². The molecule has 2 aromatic heterocycles. The van der Waals surface area contributed by atoms with Crippen LogP contribution in [0.15, 0.2) is 10.1 Å². The van der Waals surface area contributed by atoms with E-state index >= 15 is 0 Å². The maximum atomic E-state index is 3.88. The molecular weight excluding hydrogens is 256 g/mol. The predicted molar refractivity (Wildman–Crippen MR) is 51.3 cm³/mol. The fourth-order valence-corrected chi connectivity index (χ4v) is 1.76. The fourth-order valence-electron chi connectivity index (χ4n) is 0.753. The van der Waals surface area contributed by atoms with Crippen molar-refractivity contribution < 1.29 is 0 Å². The van der Waals surface area contributed by atoms with Crippen LogP contribution in [0.3, 0.4) is 0 Å². The van der Waals surface area contributed by atoms with Crippen molar-refractivity contribution >= 4 is 32.4 Å². The van der Waals surface area contributed by atoms with E-state index in [-0.39, 0.29) is 0 Å². The second-order valence-corrected chi connectivity index (χ2v) is 4.43. The van der Waals surface area contributed by atoms with Gasteiger partial charge < -0.3 is 5.32 Å². The first-order valence-electron chi connectivity index (χ1n) is 3.42. The second kappa shape index (κ2) is 3.79. The number of H-pyrrole nitrogens is 1. The van der Waals surface area contributed by atoms with E-state index in [9.17, 15) is 0 Å². The van der Waals surface area contributed by atoms with Crippen molar-refractivity contribution in [2.24, 2.45) is 0 Å². The monoisotopic (exact) mass is 260 g/mol. The van der Waals surface area contributed by atoms with E-state index in [1.54, 1.807) is 6.20 Å². The van der Waals surface area contributed by atoms with Gasteiger partial charge in [-0.3, -0.25) is 0 Å². The van der Waals surface area contributed by atoms with Crippen molar-refractivity contribution in [2.75, 3.05) is 5.32 Å². The lowest BCUT2D eigenvalue weighted by Crippen LogP contribution is -1.99. The van der Waals surface area contributed by atoms with Crippen molar-refractivity contribution in [3.63, 3.8) is 0 Å². The van der Waals surface area contributed by atoms with Crippen LogP contribution in [-0.4, -0.2) is 25.6 Å². The number of aromatic nitrogens is 5. The van der Waals surface area contributed by atoms with E-state index in [0.717, 1.165) is 14.7 Å². The Morgan fingerprint density at radius 1 is 1.54 bits per heavy atom. The molecule has 0 saturated heterocycles. The van der Waals surface area contributed by atoms with E-state index in [0.29, 0.717) is 6.54 Å². The van der Waals surface area contributed by atoms with Crippen LogP contribution < -0.4 is 5.32 Å². The van der Waals surface area contributed by atoms with Gasteiger partial charge in [-0.25, -0.2) is 0 Å². The lowest BCUT2D eigenvalue weighted by molar-refractivity contribution is 0.908. The van der Waals surface area contributed by atoms with Crippen molar-refractivity contribution in [3.05, 3.63) is 15.8 Å². The number of rotatable bonds is 3. The number of hydrogen-bond acceptors (Lipinski definition) is 6. The second-order valence-electron chi connectivity index (χ2n) is 2.18. The van der Waals surface area contributed by atoms with Crippen molar-refractivity contribution in [1.29, 1.82) is 0 Å². The molecule has 0 aromatic carbocycles. The Morgan fingerprint density at radius 2 is 2.46 bits per heavy atom. The summed E-state index contributed by atoms with van der Waals surface area (Å²) in [6.45, 7) is 0.595. The van der Waals surface area contributed by atoms with Gasteiger partial charge in [0.25, 0.3) is 0 Å². The topological polar surface area (TPSA) is 79.4 Å². The van der Waals surface area contributed by atoms with Crippen LogP contribution in [0.5, 0.6) is 0 Å². The van der Waals surface area contributed by atoms with Gasteiger partial charge in [-0.1, -0.05) is 11.3 Å². The van der Waals surface area contributed by atoms with E-state index in [1.807, 2.05) is 0 Å². The molecule has 0 aliphatic carbocycles. The van der Waals surface area contributed by atoms with Gasteiger partial charge in [-0.05, 0) is 15.9 Å². The molecule has 0 aliphatic heterocycles. The number of halogens is 1. The minimum absolute atomic E-state index is 0.595. The Hall–Kier alpha value is -1.02. The maximum absolute atomic E-state index is 3.88. The Labute approximate surface area is 85.9 Å². The molecule has 0 aliphatic rings. The molecule has 68 valence electrons. The molecule has 2 aromatic rings. The van der Waals surface area contributed by atoms with Crippen LogP contribution in [0.1, 0.15) is 5.69 Å². The summed E-state index contributed by atoms with van der Waals surface area (Å²) in [6, 6.07) is 0. The average molecular weight is 261 g/mol. The van der Waals surface area contributed by atoms with Crippen molar-refractivity contribution in [2.45, 2.75) is 6.54 Å². The van der Waals surface area contributed by atoms with Gasteiger partial charge in [-0.15, -0.1) is 10.2 Å². The number of nitrogens with one attached hydrogen (secondary N) is 2. The molecule has 2 N–H and O–H groups in total. The molecule has 2 heterocycles. The summed E-state index contributed by atoms with van der Waals surface area (Å²) in [4.78, 5) is 0. The summed E-state index contributed by atoms with van der Waals surface area (Å²) in [7, 11) is 0. The normalized spacial score (nSPS) is 10.2. The predicted octanol–water partition coefficient (Wildman–Crippen LogP) is 1.03. The highest BCUT2D eigenvalue weighted by atomic mass is 79.9. The molecular formula is C5H5BrN6S. The first kappa shape index (κ1) is 8.57. The van der Waals surface area contributed by atoms with Gasteiger partial charge in [0.1, 0.15) is 5.69 Å². The maximum Gasteiger partial charge on any atom is 0.206 e. The van der Waals surface area contributed by atoms with E-state index in [2.05, 4.69) is 46.9 Å². The van der Waals surface area contributed by atoms with Gasteiger partial charge in [-0.2, -0.15) is 15.4 Å². The summed E-state index contributed by atoms with van der Waals surface area (Å²) in [5.74, 6) is 0. The lowest BCUT2D eigenvalue weighted by atomic mass is 10.5. The summed E-state index contributed by atoms with van der Waals surface area (Å²) < 4.78 is 0.759. The van der Waals surface area contributed by atoms with Gasteiger partial charge in [0.2, 0.25) is 5.13 Å². The van der Waals surface area contributed by atoms with Gasteiger partial charge in [0.15, 0.2) is 3.92 Å². The van der Waals surface area contributed by atoms with Crippen LogP contribution in [0.2, 0.25) is 0 Å². The summed E-state index contributed by atoms with van der Waals surface area (Å²) in [5, 5.41) is 21.6. The lowest BCUT2D eigenvalue weighted by Gasteiger charge is -1.95. The smallest absolute Gasteiger partial charge is 0.206 e. The molecule has 0 radical (unpaired) electrons. The molecule has 8 heteroatoms. The zero-order valence-electron chi connectivity index (χ0n) is 6.36. The Kier molecular flexibility index (Phi) is 2.50. The van der Waals surface area contributed by atoms with Crippen LogP contribution in [0.25, 0.3) is 0 Å².